The normalized spacial score (nSPS) is 4.33. The molecule has 0 rings (SSSR count). The maximum atomic E-state index is 3.35. The molecule has 0 saturated heterocycles. The van der Waals surface area contributed by atoms with Gasteiger partial charge in [-0.25, -0.2) is 0 Å². The fraction of sp³-hybridized carbons (Fsp3) is 0. The van der Waals surface area contributed by atoms with Crippen LogP contribution in [0.3, 0.4) is 0 Å². The van der Waals surface area contributed by atoms with Crippen LogP contribution in [-0.2, 0) is 0 Å². The van der Waals surface area contributed by atoms with E-state index in [2.05, 4.69) is 51.7 Å². The van der Waals surface area contributed by atoms with Crippen LogP contribution in [0.4, 0.5) is 0 Å². The zero-order valence-corrected chi connectivity index (χ0v) is 7.07. The first-order chi connectivity index (χ1) is 2.83. The Morgan fingerprint density at radius 1 is 1.50 bits per heavy atom. The van der Waals surface area contributed by atoms with Crippen molar-refractivity contribution in [3.63, 3.8) is 0 Å². The molecule has 0 saturated carbocycles. The molecule has 36 valence electrons. The van der Waals surface area contributed by atoms with E-state index < -0.39 is 0 Å². The summed E-state index contributed by atoms with van der Waals surface area (Å²) in [5.41, 5.74) is 0. The Balaban J connectivity index is 0. The molecule has 0 N–H and O–H groups in total. The quantitative estimate of drug-likeness (QED) is 0.588. The first kappa shape index (κ1) is 9.85. The van der Waals surface area contributed by atoms with Gasteiger partial charge in [0.05, 0.1) is 0 Å². The molecule has 0 fully saturated rings. The van der Waals surface area contributed by atoms with Gasteiger partial charge in [-0.05, 0) is 9.07 Å². The molecule has 0 nitrogen and oxygen atoms in total. The Bertz CT molecular complexity index is 28.5. The van der Waals surface area contributed by atoms with Crippen molar-refractivity contribution >= 4 is 38.5 Å². The third kappa shape index (κ3) is 134. The highest BCUT2D eigenvalue weighted by Gasteiger charge is 1.18. The molecule has 0 aliphatic heterocycles. The van der Waals surface area contributed by atoms with Gasteiger partial charge in [0.2, 0.25) is 0 Å². The van der Waals surface area contributed by atoms with Crippen molar-refractivity contribution in [2.45, 2.75) is 0 Å². The molecular weight excluding hydrogens is 255 g/mol. The van der Waals surface area contributed by atoms with E-state index >= 15 is 0 Å². The van der Waals surface area contributed by atoms with Gasteiger partial charge in [-0.2, -0.15) is 0 Å². The molecule has 0 amide bonds. The molecule has 0 aliphatic rings. The second-order valence-electron chi connectivity index (χ2n) is 0.309. The van der Waals surface area contributed by atoms with E-state index in [-0.39, 0.29) is 0 Å². The zero-order chi connectivity index (χ0) is 5.41. The SMILES string of the molecule is C=CBr.C=CI. The average molecular weight is 261 g/mol. The molecular formula is C4H6BrI. The lowest BCUT2D eigenvalue weighted by molar-refractivity contribution is 2.72. The fourth-order valence-electron chi connectivity index (χ4n) is 0. The summed E-state index contributed by atoms with van der Waals surface area (Å²) in [6.07, 6.45) is 0. The average Bonchev–Trinajstić information content (AvgIpc) is 1.39. The van der Waals surface area contributed by atoms with Gasteiger partial charge in [0, 0.05) is 0 Å². The minimum absolute atomic E-state index is 1.56. The monoisotopic (exact) mass is 260 g/mol. The van der Waals surface area contributed by atoms with Crippen molar-refractivity contribution in [1.29, 1.82) is 0 Å². The van der Waals surface area contributed by atoms with Crippen LogP contribution in [0.1, 0.15) is 0 Å². The maximum Gasteiger partial charge on any atom is -0.0261 e. The number of halogens is 2. The van der Waals surface area contributed by atoms with Crippen molar-refractivity contribution in [2.75, 3.05) is 0 Å². The molecule has 0 radical (unpaired) electrons. The van der Waals surface area contributed by atoms with E-state index in [4.69, 9.17) is 0 Å². The van der Waals surface area contributed by atoms with Gasteiger partial charge >= 0.3 is 0 Å². The summed E-state index contributed by atoms with van der Waals surface area (Å²) in [6, 6.07) is 0. The van der Waals surface area contributed by atoms with Gasteiger partial charge in [0.1, 0.15) is 0 Å². The summed E-state index contributed by atoms with van der Waals surface area (Å²) in [6.45, 7) is 6.63. The number of hydrogen-bond acceptors (Lipinski definition) is 0. The summed E-state index contributed by atoms with van der Waals surface area (Å²) >= 11 is 4.96. The summed E-state index contributed by atoms with van der Waals surface area (Å²) in [5.74, 6) is 0. The van der Waals surface area contributed by atoms with Crippen molar-refractivity contribution in [3.05, 3.63) is 22.2 Å². The lowest BCUT2D eigenvalue weighted by atomic mass is 11.3. The van der Waals surface area contributed by atoms with E-state index in [0.717, 1.165) is 0 Å². The molecule has 0 bridgehead atoms. The first-order valence-corrected chi connectivity index (χ1v) is 3.41. The summed E-state index contributed by atoms with van der Waals surface area (Å²) in [7, 11) is 0. The van der Waals surface area contributed by atoms with Crippen LogP contribution >= 0.6 is 38.5 Å². The molecule has 0 spiro atoms. The maximum absolute atomic E-state index is 3.35. The van der Waals surface area contributed by atoms with Crippen LogP contribution in [0, 0.1) is 0 Å². The molecule has 2 heteroatoms. The number of rotatable bonds is 0. The van der Waals surface area contributed by atoms with Gasteiger partial charge in [0.15, 0.2) is 0 Å². The first-order valence-electron chi connectivity index (χ1n) is 1.25. The minimum Gasteiger partial charge on any atom is -0.0930 e. The lowest BCUT2D eigenvalue weighted by Gasteiger charge is -1.27. The number of hydrogen-bond donors (Lipinski definition) is 0. The highest BCUT2D eigenvalue weighted by molar-refractivity contribution is 14.1. The van der Waals surface area contributed by atoms with Crippen molar-refractivity contribution in [3.8, 4) is 0 Å². The van der Waals surface area contributed by atoms with E-state index in [1.54, 1.807) is 9.07 Å². The second-order valence-corrected chi connectivity index (χ2v) is 1.84. The third-order valence-electron chi connectivity index (χ3n) is 0. The Labute approximate surface area is 60.6 Å². The molecule has 0 aliphatic carbocycles. The molecule has 0 aromatic heterocycles. The van der Waals surface area contributed by atoms with E-state index in [0.29, 0.717) is 0 Å². The van der Waals surface area contributed by atoms with E-state index in [1.165, 1.54) is 0 Å². The van der Waals surface area contributed by atoms with Crippen LogP contribution in [0.25, 0.3) is 0 Å². The summed E-state index contributed by atoms with van der Waals surface area (Å²) in [4.78, 5) is 1.56. The van der Waals surface area contributed by atoms with Crippen molar-refractivity contribution in [1.82, 2.24) is 0 Å². The molecule has 0 aromatic carbocycles. The van der Waals surface area contributed by atoms with Crippen molar-refractivity contribution in [2.24, 2.45) is 0 Å². The molecule has 0 heterocycles. The van der Waals surface area contributed by atoms with Crippen molar-refractivity contribution < 1.29 is 0 Å². The highest BCUT2D eigenvalue weighted by atomic mass is 127. The molecule has 6 heavy (non-hydrogen) atoms. The van der Waals surface area contributed by atoms with Gasteiger partial charge in [-0.3, -0.25) is 0 Å². The van der Waals surface area contributed by atoms with Crippen LogP contribution in [0.5, 0.6) is 0 Å². The molecule has 0 aromatic rings. The second kappa shape index (κ2) is 17.3. The van der Waals surface area contributed by atoms with Gasteiger partial charge < -0.3 is 0 Å². The zero-order valence-electron chi connectivity index (χ0n) is 3.32. The standard InChI is InChI=1S/C2H3Br.C2H3I/c2*1-2-3/h2*2H,1H2. The Kier molecular flexibility index (Phi) is 28.4. The third-order valence-corrected chi connectivity index (χ3v) is 0. The Morgan fingerprint density at radius 2 is 1.50 bits per heavy atom. The summed E-state index contributed by atoms with van der Waals surface area (Å²) < 4.78 is 1.72. The van der Waals surface area contributed by atoms with E-state index in [1.807, 2.05) is 0 Å². The van der Waals surface area contributed by atoms with Crippen LogP contribution in [0.2, 0.25) is 0 Å². The van der Waals surface area contributed by atoms with Crippen LogP contribution < -0.4 is 0 Å². The summed E-state index contributed by atoms with van der Waals surface area (Å²) in [5, 5.41) is 0. The lowest BCUT2D eigenvalue weighted by Crippen LogP contribution is -0.895. The topological polar surface area (TPSA) is 0 Å². The predicted octanol–water partition coefficient (Wildman–Crippen LogP) is 3.09. The van der Waals surface area contributed by atoms with Gasteiger partial charge in [-0.1, -0.05) is 51.7 Å². The van der Waals surface area contributed by atoms with Gasteiger partial charge in [-0.15, -0.1) is 0 Å². The van der Waals surface area contributed by atoms with E-state index in [9.17, 15) is 0 Å². The predicted molar refractivity (Wildman–Crippen MR) is 43.3 cm³/mol. The van der Waals surface area contributed by atoms with Crippen LogP contribution in [0.15, 0.2) is 22.2 Å². The minimum atomic E-state index is 1.56. The Hall–Kier alpha value is 0.690. The molecule has 0 atom stereocenters. The molecule has 0 unspecified atom stereocenters. The van der Waals surface area contributed by atoms with Gasteiger partial charge in [0.25, 0.3) is 0 Å². The highest BCUT2D eigenvalue weighted by Crippen LogP contribution is 1.70. The fourth-order valence-corrected chi connectivity index (χ4v) is 0. The Morgan fingerprint density at radius 3 is 1.50 bits per heavy atom. The van der Waals surface area contributed by atoms with Crippen LogP contribution in [-0.4, -0.2) is 0 Å². The largest absolute Gasteiger partial charge is 0.0930 e. The smallest absolute Gasteiger partial charge is 0.0261 e.